The van der Waals surface area contributed by atoms with Crippen LogP contribution in [0.1, 0.15) is 37.9 Å². The summed E-state index contributed by atoms with van der Waals surface area (Å²) in [5, 5.41) is 4.18. The van der Waals surface area contributed by atoms with Crippen LogP contribution in [0.15, 0.2) is 54.0 Å². The minimum absolute atomic E-state index is 0.00414. The van der Waals surface area contributed by atoms with E-state index in [4.69, 9.17) is 22.3 Å². The predicted molar refractivity (Wildman–Crippen MR) is 170 cm³/mol. The summed E-state index contributed by atoms with van der Waals surface area (Å²) in [6.45, 7) is 13.0. The molecule has 1 saturated heterocycles. The Balaban J connectivity index is 1.70. The van der Waals surface area contributed by atoms with Gasteiger partial charge in [0, 0.05) is 42.9 Å². The Morgan fingerprint density at radius 2 is 2.02 bits per heavy atom. The maximum Gasteiger partial charge on any atom is 0.282 e. The first kappa shape index (κ1) is 28.7. The third-order valence-corrected chi connectivity index (χ3v) is 8.67. The van der Waals surface area contributed by atoms with Crippen molar-refractivity contribution in [3.63, 3.8) is 0 Å². The second kappa shape index (κ2) is 10.7. The average molecular weight is 602 g/mol. The minimum atomic E-state index is -0.570. The second-order valence-corrected chi connectivity index (χ2v) is 11.9. The number of nitrogens with zero attached hydrogens (tertiary/aromatic N) is 5. The number of amides is 1. The van der Waals surface area contributed by atoms with Crippen LogP contribution >= 0.6 is 11.6 Å². The van der Waals surface area contributed by atoms with Crippen molar-refractivity contribution < 1.29 is 9.18 Å². The van der Waals surface area contributed by atoms with Crippen molar-refractivity contribution in [2.24, 2.45) is 0 Å². The summed E-state index contributed by atoms with van der Waals surface area (Å²) < 4.78 is 16.8. The zero-order chi connectivity index (χ0) is 30.7. The van der Waals surface area contributed by atoms with E-state index in [0.717, 1.165) is 11.3 Å². The van der Waals surface area contributed by atoms with Crippen LogP contribution in [0.25, 0.3) is 28.0 Å². The maximum atomic E-state index is 15.2. The number of halogens is 2. The van der Waals surface area contributed by atoms with Gasteiger partial charge in [0.1, 0.15) is 11.5 Å². The highest BCUT2D eigenvalue weighted by atomic mass is 35.5. The minimum Gasteiger partial charge on any atom is -0.398 e. The Labute approximate surface area is 253 Å². The van der Waals surface area contributed by atoms with Crippen LogP contribution in [-0.2, 0) is 4.79 Å². The number of piperazine rings is 1. The SMILES string of the molecule is C=CC(=O)N1CC2CNc3c(c4cc(Cl)c(-c5c(N)cccc5F)nc4n(-c4c(C)ccnc4C(C)C)c3=O)N2CC1C. The Kier molecular flexibility index (Phi) is 7.12. The molecule has 0 spiro atoms. The molecule has 0 radical (unpaired) electrons. The molecule has 0 bridgehead atoms. The van der Waals surface area contributed by atoms with Gasteiger partial charge in [-0.15, -0.1) is 0 Å². The highest BCUT2D eigenvalue weighted by Crippen LogP contribution is 2.43. The number of aryl methyl sites for hydroxylation is 1. The van der Waals surface area contributed by atoms with E-state index >= 15 is 4.39 Å². The lowest BCUT2D eigenvalue weighted by Crippen LogP contribution is -2.62. The van der Waals surface area contributed by atoms with Gasteiger partial charge in [-0.25, -0.2) is 9.37 Å². The Morgan fingerprint density at radius 3 is 2.72 bits per heavy atom. The molecule has 0 saturated carbocycles. The standard InChI is InChI=1S/C32H33ClFN7O2/c1-6-24(42)39-15-19-13-37-28-30(40(19)14-18(39)5)20-12-21(33)27(25-22(34)8-7-9-23(25)35)38-31(20)41(32(28)43)29-17(4)10-11-36-26(29)16(2)3/h6-12,16,18-19,37H,1,13-15,35H2,2-5H3. The smallest absolute Gasteiger partial charge is 0.282 e. The van der Waals surface area contributed by atoms with Gasteiger partial charge in [0.25, 0.3) is 5.56 Å². The molecule has 11 heteroatoms. The number of pyridine rings is 3. The number of nitrogens with one attached hydrogen (secondary N) is 1. The number of hydrogen-bond acceptors (Lipinski definition) is 7. The number of fused-ring (bicyclic) bond motifs is 5. The van der Waals surface area contributed by atoms with Crippen LogP contribution < -0.4 is 21.5 Å². The van der Waals surface area contributed by atoms with E-state index in [1.165, 1.54) is 18.2 Å². The molecule has 1 fully saturated rings. The van der Waals surface area contributed by atoms with Gasteiger partial charge in [0.15, 0.2) is 5.65 Å². The molecule has 1 aromatic carbocycles. The monoisotopic (exact) mass is 601 g/mol. The molecule has 6 rings (SSSR count). The number of carbonyl (C=O) groups is 1. The van der Waals surface area contributed by atoms with E-state index in [1.807, 2.05) is 33.8 Å². The Morgan fingerprint density at radius 1 is 1.26 bits per heavy atom. The van der Waals surface area contributed by atoms with Gasteiger partial charge in [0.2, 0.25) is 5.91 Å². The second-order valence-electron chi connectivity index (χ2n) is 11.5. The lowest BCUT2D eigenvalue weighted by molar-refractivity contribution is -0.128. The largest absolute Gasteiger partial charge is 0.398 e. The molecule has 0 aliphatic carbocycles. The molecule has 2 atom stereocenters. The summed E-state index contributed by atoms with van der Waals surface area (Å²) in [6, 6.07) is 7.74. The topological polar surface area (TPSA) is 109 Å². The fraction of sp³-hybridized carbons (Fsp3) is 0.312. The van der Waals surface area contributed by atoms with Crippen LogP contribution in [0.3, 0.4) is 0 Å². The molecule has 43 heavy (non-hydrogen) atoms. The van der Waals surface area contributed by atoms with Gasteiger partial charge >= 0.3 is 0 Å². The molecule has 9 nitrogen and oxygen atoms in total. The average Bonchev–Trinajstić information content (AvgIpc) is 2.97. The van der Waals surface area contributed by atoms with Crippen molar-refractivity contribution >= 4 is 45.6 Å². The molecular formula is C32H33ClFN7O2. The van der Waals surface area contributed by atoms with E-state index in [-0.39, 0.29) is 51.4 Å². The zero-order valence-electron chi connectivity index (χ0n) is 24.5. The van der Waals surface area contributed by atoms with Crippen molar-refractivity contribution in [2.45, 2.75) is 45.7 Å². The van der Waals surface area contributed by atoms with E-state index in [1.54, 1.807) is 27.8 Å². The molecule has 2 aliphatic rings. The number of rotatable bonds is 4. The van der Waals surface area contributed by atoms with E-state index in [2.05, 4.69) is 21.8 Å². The Hall–Kier alpha value is -4.44. The summed E-state index contributed by atoms with van der Waals surface area (Å²) in [6.07, 6.45) is 3.05. The number of nitrogen functional groups attached to an aromatic ring is 1. The predicted octanol–water partition coefficient (Wildman–Crippen LogP) is 5.27. The van der Waals surface area contributed by atoms with Gasteiger partial charge in [-0.1, -0.05) is 38.1 Å². The van der Waals surface area contributed by atoms with Gasteiger partial charge in [-0.2, -0.15) is 0 Å². The summed E-state index contributed by atoms with van der Waals surface area (Å²) in [5.74, 6) is -0.710. The van der Waals surface area contributed by atoms with Crippen molar-refractivity contribution in [1.82, 2.24) is 19.4 Å². The Bertz CT molecular complexity index is 1850. The van der Waals surface area contributed by atoms with Crippen molar-refractivity contribution in [1.29, 1.82) is 0 Å². The molecule has 5 heterocycles. The highest BCUT2D eigenvalue weighted by molar-refractivity contribution is 6.34. The number of anilines is 3. The molecule has 222 valence electrons. The van der Waals surface area contributed by atoms with Crippen molar-refractivity contribution in [3.05, 3.63) is 81.6 Å². The third-order valence-electron chi connectivity index (χ3n) is 8.38. The number of nitrogens with two attached hydrogens (primary N) is 1. The van der Waals surface area contributed by atoms with Crippen LogP contribution in [0, 0.1) is 12.7 Å². The fourth-order valence-corrected chi connectivity index (χ4v) is 6.56. The van der Waals surface area contributed by atoms with Crippen LogP contribution in [0.5, 0.6) is 0 Å². The third kappa shape index (κ3) is 4.52. The molecular weight excluding hydrogens is 569 g/mol. The molecule has 2 aliphatic heterocycles. The highest BCUT2D eigenvalue weighted by Gasteiger charge is 2.39. The van der Waals surface area contributed by atoms with Gasteiger partial charge in [-0.05, 0) is 55.7 Å². The normalized spacial score (nSPS) is 17.9. The van der Waals surface area contributed by atoms with Gasteiger partial charge in [-0.3, -0.25) is 19.1 Å². The van der Waals surface area contributed by atoms with Crippen LogP contribution in [0.4, 0.5) is 21.5 Å². The first-order chi connectivity index (χ1) is 20.5. The first-order valence-corrected chi connectivity index (χ1v) is 14.6. The molecule has 2 unspecified atom stereocenters. The number of aromatic nitrogens is 3. The summed E-state index contributed by atoms with van der Waals surface area (Å²) in [7, 11) is 0. The number of benzene rings is 1. The van der Waals surface area contributed by atoms with Gasteiger partial charge < -0.3 is 20.9 Å². The zero-order valence-corrected chi connectivity index (χ0v) is 25.2. The molecule has 3 aromatic heterocycles. The lowest BCUT2D eigenvalue weighted by Gasteiger charge is -2.49. The van der Waals surface area contributed by atoms with E-state index in [9.17, 15) is 9.59 Å². The summed E-state index contributed by atoms with van der Waals surface area (Å²) >= 11 is 6.88. The van der Waals surface area contributed by atoms with E-state index < -0.39 is 5.82 Å². The number of hydrogen-bond donors (Lipinski definition) is 2. The molecule has 1 amide bonds. The van der Waals surface area contributed by atoms with Gasteiger partial charge in [0.05, 0.1) is 39.4 Å². The first-order valence-electron chi connectivity index (χ1n) is 14.3. The maximum absolute atomic E-state index is 15.2. The van der Waals surface area contributed by atoms with Crippen molar-refractivity contribution in [3.8, 4) is 16.9 Å². The quantitative estimate of drug-likeness (QED) is 0.242. The van der Waals surface area contributed by atoms with Crippen molar-refractivity contribution in [2.75, 3.05) is 35.6 Å². The van der Waals surface area contributed by atoms with Crippen LogP contribution in [-0.4, -0.2) is 57.1 Å². The molecule has 3 N–H and O–H groups in total. The summed E-state index contributed by atoms with van der Waals surface area (Å²) in [4.78, 5) is 40.7. The van der Waals surface area contributed by atoms with Crippen LogP contribution in [0.2, 0.25) is 5.02 Å². The number of carbonyl (C=O) groups excluding carboxylic acids is 1. The summed E-state index contributed by atoms with van der Waals surface area (Å²) in [5.41, 5.74) is 9.86. The molecule has 4 aromatic rings. The van der Waals surface area contributed by atoms with E-state index in [0.29, 0.717) is 47.7 Å². The lowest BCUT2D eigenvalue weighted by atomic mass is 9.99. The fourth-order valence-electron chi connectivity index (χ4n) is 6.31.